The molecule has 1 amide bonds. The Kier molecular flexibility index (Phi) is 7.06. The molecule has 0 saturated carbocycles. The molecule has 7 heteroatoms. The van der Waals surface area contributed by atoms with Crippen LogP contribution in [-0.2, 0) is 14.8 Å². The summed E-state index contributed by atoms with van der Waals surface area (Å²) in [5, 5.41) is 3.13. The summed E-state index contributed by atoms with van der Waals surface area (Å²) in [6.07, 6.45) is 1.03. The second kappa shape index (κ2) is 9.40. The zero-order chi connectivity index (χ0) is 22.8. The first-order valence-electron chi connectivity index (χ1n) is 10.7. The monoisotopic (exact) mass is 444 g/mol. The molecule has 3 rings (SSSR count). The van der Waals surface area contributed by atoms with Crippen molar-refractivity contribution >= 4 is 15.9 Å². The highest BCUT2D eigenvalue weighted by Crippen LogP contribution is 2.27. The minimum atomic E-state index is -3.57. The van der Waals surface area contributed by atoms with Crippen LogP contribution in [0.3, 0.4) is 0 Å². The van der Waals surface area contributed by atoms with Crippen molar-refractivity contribution in [2.45, 2.75) is 51.5 Å². The minimum absolute atomic E-state index is 0.00776. The van der Waals surface area contributed by atoms with Gasteiger partial charge in [0.2, 0.25) is 15.9 Å². The maximum Gasteiger partial charge on any atom is 0.243 e. The van der Waals surface area contributed by atoms with Gasteiger partial charge < -0.3 is 10.1 Å². The van der Waals surface area contributed by atoms with Crippen LogP contribution in [0.25, 0.3) is 0 Å². The Balaban J connectivity index is 1.61. The molecule has 1 aliphatic rings. The van der Waals surface area contributed by atoms with Crippen molar-refractivity contribution < 1.29 is 17.9 Å². The molecule has 2 aromatic carbocycles. The summed E-state index contributed by atoms with van der Waals surface area (Å²) in [4.78, 5) is 13.1. The second-order valence-electron chi connectivity index (χ2n) is 8.38. The van der Waals surface area contributed by atoms with Crippen molar-refractivity contribution in [3.63, 3.8) is 0 Å². The molecule has 1 fully saturated rings. The van der Waals surface area contributed by atoms with Crippen molar-refractivity contribution in [1.82, 2.24) is 9.62 Å². The lowest BCUT2D eigenvalue weighted by molar-refractivity contribution is -0.126. The molecule has 0 unspecified atom stereocenters. The van der Waals surface area contributed by atoms with Crippen LogP contribution >= 0.6 is 0 Å². The van der Waals surface area contributed by atoms with Crippen LogP contribution in [0.2, 0.25) is 0 Å². The largest absolute Gasteiger partial charge is 0.497 e. The Morgan fingerprint density at radius 2 is 1.61 bits per heavy atom. The van der Waals surface area contributed by atoms with Crippen LogP contribution in [0.15, 0.2) is 41.3 Å². The molecule has 1 saturated heterocycles. The van der Waals surface area contributed by atoms with Crippen molar-refractivity contribution in [3.8, 4) is 5.75 Å². The van der Waals surface area contributed by atoms with E-state index in [0.29, 0.717) is 31.7 Å². The molecule has 0 radical (unpaired) electrons. The first-order valence-corrected chi connectivity index (χ1v) is 12.1. The number of carbonyl (C=O) groups is 1. The fourth-order valence-electron chi connectivity index (χ4n) is 4.11. The lowest BCUT2D eigenvalue weighted by Gasteiger charge is -2.31. The third-order valence-electron chi connectivity index (χ3n) is 6.23. The molecule has 1 N–H and O–H groups in total. The van der Waals surface area contributed by atoms with Crippen molar-refractivity contribution in [3.05, 3.63) is 58.7 Å². The number of rotatable bonds is 6. The zero-order valence-electron chi connectivity index (χ0n) is 18.9. The summed E-state index contributed by atoms with van der Waals surface area (Å²) >= 11 is 0. The molecule has 168 valence electrons. The Morgan fingerprint density at radius 1 is 1.03 bits per heavy atom. The fraction of sp³-hybridized carbons (Fsp3) is 0.458. The van der Waals surface area contributed by atoms with Crippen LogP contribution in [-0.4, -0.2) is 38.8 Å². The number of nitrogens with one attached hydrogen (secondary N) is 1. The van der Waals surface area contributed by atoms with E-state index < -0.39 is 10.0 Å². The summed E-state index contributed by atoms with van der Waals surface area (Å²) < 4.78 is 32.4. The van der Waals surface area contributed by atoms with E-state index in [1.165, 1.54) is 15.4 Å². The van der Waals surface area contributed by atoms with Crippen LogP contribution in [0.5, 0.6) is 5.75 Å². The molecule has 31 heavy (non-hydrogen) atoms. The average molecular weight is 445 g/mol. The van der Waals surface area contributed by atoms with E-state index in [0.717, 1.165) is 11.1 Å². The van der Waals surface area contributed by atoms with Crippen molar-refractivity contribution in [1.29, 1.82) is 0 Å². The van der Waals surface area contributed by atoms with Gasteiger partial charge in [0.25, 0.3) is 0 Å². The molecule has 1 heterocycles. The molecule has 0 bridgehead atoms. The van der Waals surface area contributed by atoms with Gasteiger partial charge in [-0.2, -0.15) is 4.31 Å². The third-order valence-corrected chi connectivity index (χ3v) is 8.14. The minimum Gasteiger partial charge on any atom is -0.497 e. The smallest absolute Gasteiger partial charge is 0.243 e. The zero-order valence-corrected chi connectivity index (χ0v) is 19.8. The molecule has 6 nitrogen and oxygen atoms in total. The Hall–Kier alpha value is -2.38. The van der Waals surface area contributed by atoms with E-state index in [2.05, 4.69) is 38.2 Å². The highest BCUT2D eigenvalue weighted by Gasteiger charge is 2.32. The molecule has 0 aliphatic carbocycles. The van der Waals surface area contributed by atoms with Gasteiger partial charge in [-0.3, -0.25) is 4.79 Å². The number of nitrogens with zero attached hydrogens (tertiary/aromatic N) is 1. The predicted octanol–water partition coefficient (Wildman–Crippen LogP) is 3.90. The molecular formula is C24H32N2O4S. The van der Waals surface area contributed by atoms with E-state index in [1.54, 1.807) is 31.4 Å². The Labute approximate surface area is 185 Å². The van der Waals surface area contributed by atoms with Crippen LogP contribution in [0.1, 0.15) is 48.1 Å². The van der Waals surface area contributed by atoms with Gasteiger partial charge in [0.1, 0.15) is 5.75 Å². The number of benzene rings is 2. The first-order chi connectivity index (χ1) is 14.6. The van der Waals surface area contributed by atoms with Gasteiger partial charge in [0.05, 0.1) is 18.0 Å². The molecule has 1 aliphatic heterocycles. The maximum absolute atomic E-state index is 12.9. The van der Waals surface area contributed by atoms with Crippen molar-refractivity contribution in [2.24, 2.45) is 5.92 Å². The SMILES string of the molecule is COc1ccc(S(=O)(=O)N2CCC(C(=O)N[C@@H](C)c3cc(C)c(C)cc3C)CC2)cc1. The Morgan fingerprint density at radius 3 is 2.19 bits per heavy atom. The van der Waals surface area contributed by atoms with Gasteiger partial charge in [-0.1, -0.05) is 12.1 Å². The van der Waals surface area contributed by atoms with E-state index in [9.17, 15) is 13.2 Å². The quantitative estimate of drug-likeness (QED) is 0.733. The number of hydrogen-bond acceptors (Lipinski definition) is 4. The summed E-state index contributed by atoms with van der Waals surface area (Å²) in [5.41, 5.74) is 4.73. The maximum atomic E-state index is 12.9. The topological polar surface area (TPSA) is 75.7 Å². The van der Waals surface area contributed by atoms with Gasteiger partial charge in [-0.15, -0.1) is 0 Å². The summed E-state index contributed by atoms with van der Waals surface area (Å²) in [6.45, 7) is 8.90. The number of sulfonamides is 1. The molecule has 0 aromatic heterocycles. The molecule has 1 atom stereocenters. The number of methoxy groups -OCH3 is 1. The van der Waals surface area contributed by atoms with E-state index >= 15 is 0 Å². The average Bonchev–Trinajstić information content (AvgIpc) is 2.76. The highest BCUT2D eigenvalue weighted by atomic mass is 32.2. The fourth-order valence-corrected chi connectivity index (χ4v) is 5.58. The number of carbonyl (C=O) groups excluding carboxylic acids is 1. The Bertz CT molecular complexity index is 1040. The normalized spacial score (nSPS) is 16.7. The first kappa shape index (κ1) is 23.3. The predicted molar refractivity (Wildman–Crippen MR) is 122 cm³/mol. The van der Waals surface area contributed by atoms with Gasteiger partial charge >= 0.3 is 0 Å². The summed E-state index contributed by atoms with van der Waals surface area (Å²) in [7, 11) is -2.03. The van der Waals surface area contributed by atoms with Gasteiger partial charge in [0.15, 0.2) is 0 Å². The van der Waals surface area contributed by atoms with Crippen molar-refractivity contribution in [2.75, 3.05) is 20.2 Å². The number of piperidine rings is 1. The van der Waals surface area contributed by atoms with Gasteiger partial charge in [-0.05, 0) is 87.1 Å². The lowest BCUT2D eigenvalue weighted by Crippen LogP contribution is -2.43. The number of aryl methyl sites for hydroxylation is 3. The van der Waals surface area contributed by atoms with Crippen LogP contribution in [0.4, 0.5) is 0 Å². The standard InChI is InChI=1S/C24H32N2O4S/c1-16-14-18(3)23(15-17(16)2)19(4)25-24(27)20-10-12-26(13-11-20)31(28,29)22-8-6-21(30-5)7-9-22/h6-9,14-15,19-20H,10-13H2,1-5H3,(H,25,27)/t19-/m0/s1. The third kappa shape index (κ3) is 5.10. The summed E-state index contributed by atoms with van der Waals surface area (Å²) in [6, 6.07) is 10.6. The number of ether oxygens (including phenoxy) is 1. The number of amides is 1. The second-order valence-corrected chi connectivity index (χ2v) is 10.3. The van der Waals surface area contributed by atoms with Gasteiger partial charge in [0, 0.05) is 19.0 Å². The van der Waals surface area contributed by atoms with E-state index in [4.69, 9.17) is 4.74 Å². The van der Waals surface area contributed by atoms with E-state index in [-0.39, 0.29) is 22.8 Å². The molecule has 0 spiro atoms. The van der Waals surface area contributed by atoms with Crippen LogP contribution in [0, 0.1) is 26.7 Å². The summed E-state index contributed by atoms with van der Waals surface area (Å²) in [5.74, 6) is 0.422. The molecular weight excluding hydrogens is 412 g/mol. The lowest BCUT2D eigenvalue weighted by atomic mass is 9.94. The highest BCUT2D eigenvalue weighted by molar-refractivity contribution is 7.89. The van der Waals surface area contributed by atoms with E-state index in [1.807, 2.05) is 6.92 Å². The van der Waals surface area contributed by atoms with Crippen LogP contribution < -0.4 is 10.1 Å². The van der Waals surface area contributed by atoms with Gasteiger partial charge in [-0.25, -0.2) is 8.42 Å². The molecule has 2 aromatic rings. The number of hydrogen-bond donors (Lipinski definition) is 1.